The lowest BCUT2D eigenvalue weighted by molar-refractivity contribution is -0.386. The number of nitro groups is 2. The van der Waals surface area contributed by atoms with Crippen molar-refractivity contribution >= 4 is 17.1 Å². The van der Waals surface area contributed by atoms with Gasteiger partial charge >= 0.3 is 5.69 Å². The molecular weight excluding hydrogens is 266 g/mol. The van der Waals surface area contributed by atoms with Crippen LogP contribution in [-0.4, -0.2) is 9.85 Å². The molecule has 20 heavy (non-hydrogen) atoms. The highest BCUT2D eigenvalue weighted by molar-refractivity contribution is 5.56. The summed E-state index contributed by atoms with van der Waals surface area (Å²) in [6, 6.07) is 9.39. The number of nitro benzene ring substituents is 2. The minimum atomic E-state index is -0.622. The van der Waals surface area contributed by atoms with Gasteiger partial charge in [0.1, 0.15) is 5.75 Å². The zero-order chi connectivity index (χ0) is 14.7. The van der Waals surface area contributed by atoms with Crippen molar-refractivity contribution in [2.24, 2.45) is 0 Å². The van der Waals surface area contributed by atoms with E-state index in [0.717, 1.165) is 6.07 Å². The van der Waals surface area contributed by atoms with Crippen molar-refractivity contribution in [2.75, 3.05) is 5.73 Å². The lowest BCUT2D eigenvalue weighted by Crippen LogP contribution is -1.96. The first kappa shape index (κ1) is 13.3. The Morgan fingerprint density at radius 1 is 1.00 bits per heavy atom. The highest BCUT2D eigenvalue weighted by atomic mass is 16.6. The molecule has 0 saturated heterocycles. The fraction of sp³-hybridized carbons (Fsp3) is 0. The Hall–Kier alpha value is -3.16. The molecule has 2 rings (SSSR count). The molecule has 0 aliphatic heterocycles. The van der Waals surface area contributed by atoms with Crippen molar-refractivity contribution in [2.45, 2.75) is 0 Å². The van der Waals surface area contributed by atoms with Crippen molar-refractivity contribution in [3.8, 4) is 11.5 Å². The van der Waals surface area contributed by atoms with Crippen LogP contribution in [0.5, 0.6) is 11.5 Å². The minimum absolute atomic E-state index is 0.0163. The quantitative estimate of drug-likeness (QED) is 0.520. The van der Waals surface area contributed by atoms with Gasteiger partial charge in [0.05, 0.1) is 15.9 Å². The topological polar surface area (TPSA) is 122 Å². The van der Waals surface area contributed by atoms with Gasteiger partial charge in [-0.05, 0) is 6.07 Å². The fourth-order valence-electron chi connectivity index (χ4n) is 1.59. The SMILES string of the molecule is Nc1cc(Oc2ccccc2[N+](=O)[O-])cc([N+](=O)[O-])c1. The van der Waals surface area contributed by atoms with Crippen LogP contribution in [-0.2, 0) is 0 Å². The third kappa shape index (κ3) is 2.80. The number of hydrogen-bond acceptors (Lipinski definition) is 6. The molecule has 0 radical (unpaired) electrons. The minimum Gasteiger partial charge on any atom is -0.450 e. The van der Waals surface area contributed by atoms with E-state index >= 15 is 0 Å². The maximum Gasteiger partial charge on any atom is 0.311 e. The van der Waals surface area contributed by atoms with Crippen molar-refractivity contribution < 1.29 is 14.6 Å². The van der Waals surface area contributed by atoms with Gasteiger partial charge in [0.25, 0.3) is 5.69 Å². The summed E-state index contributed by atoms with van der Waals surface area (Å²) in [6.07, 6.45) is 0. The first-order valence-corrected chi connectivity index (χ1v) is 5.43. The standard InChI is InChI=1S/C12H9N3O5/c13-8-5-9(14(16)17)7-10(6-8)20-12-4-2-1-3-11(12)15(18)19/h1-7H,13H2. The van der Waals surface area contributed by atoms with Crippen LogP contribution in [0.25, 0.3) is 0 Å². The van der Waals surface area contributed by atoms with Crippen LogP contribution in [0.2, 0.25) is 0 Å². The molecule has 0 spiro atoms. The zero-order valence-corrected chi connectivity index (χ0v) is 10.1. The number of ether oxygens (including phenoxy) is 1. The highest BCUT2D eigenvalue weighted by Gasteiger charge is 2.16. The number of nitrogens with zero attached hydrogens (tertiary/aromatic N) is 2. The van der Waals surface area contributed by atoms with Gasteiger partial charge in [0.2, 0.25) is 5.75 Å². The van der Waals surface area contributed by atoms with Gasteiger partial charge in [0.15, 0.2) is 0 Å². The maximum absolute atomic E-state index is 10.8. The van der Waals surface area contributed by atoms with Crippen molar-refractivity contribution in [1.82, 2.24) is 0 Å². The second kappa shape index (κ2) is 5.22. The third-order valence-corrected chi connectivity index (χ3v) is 2.41. The fourth-order valence-corrected chi connectivity index (χ4v) is 1.59. The van der Waals surface area contributed by atoms with Crippen LogP contribution in [0.3, 0.4) is 0 Å². The molecule has 0 unspecified atom stereocenters. The summed E-state index contributed by atoms with van der Waals surface area (Å²) < 4.78 is 5.32. The number of nitrogens with two attached hydrogens (primary N) is 1. The van der Waals surface area contributed by atoms with Crippen molar-refractivity contribution in [1.29, 1.82) is 0 Å². The number of anilines is 1. The normalized spacial score (nSPS) is 10.0. The van der Waals surface area contributed by atoms with Crippen LogP contribution in [0.4, 0.5) is 17.1 Å². The molecule has 8 heteroatoms. The number of benzene rings is 2. The van der Waals surface area contributed by atoms with Crippen LogP contribution in [0, 0.1) is 20.2 Å². The Kier molecular flexibility index (Phi) is 3.47. The third-order valence-electron chi connectivity index (χ3n) is 2.41. The molecule has 8 nitrogen and oxygen atoms in total. The summed E-state index contributed by atoms with van der Waals surface area (Å²) in [5.41, 5.74) is 5.17. The largest absolute Gasteiger partial charge is 0.450 e. The van der Waals surface area contributed by atoms with E-state index in [1.54, 1.807) is 6.07 Å². The van der Waals surface area contributed by atoms with Crippen LogP contribution in [0.15, 0.2) is 42.5 Å². The first-order chi connectivity index (χ1) is 9.47. The monoisotopic (exact) mass is 275 g/mol. The van der Waals surface area contributed by atoms with E-state index in [9.17, 15) is 20.2 Å². The predicted octanol–water partition coefficient (Wildman–Crippen LogP) is 2.88. The van der Waals surface area contributed by atoms with E-state index in [1.807, 2.05) is 0 Å². The van der Waals surface area contributed by atoms with Gasteiger partial charge in [-0.2, -0.15) is 0 Å². The molecular formula is C12H9N3O5. The van der Waals surface area contributed by atoms with Crippen molar-refractivity contribution in [3.05, 3.63) is 62.7 Å². The molecule has 2 N–H and O–H groups in total. The molecule has 0 aromatic heterocycles. The summed E-state index contributed by atoms with van der Waals surface area (Å²) in [5, 5.41) is 21.6. The Labute approximate surface area is 112 Å². The van der Waals surface area contributed by atoms with Gasteiger partial charge in [-0.15, -0.1) is 0 Å². The molecule has 0 amide bonds. The van der Waals surface area contributed by atoms with E-state index in [1.165, 1.54) is 30.3 Å². The Balaban J connectivity index is 2.40. The molecule has 102 valence electrons. The second-order valence-corrected chi connectivity index (χ2v) is 3.84. The van der Waals surface area contributed by atoms with Gasteiger partial charge in [-0.25, -0.2) is 0 Å². The summed E-state index contributed by atoms with van der Waals surface area (Å²) in [7, 11) is 0. The first-order valence-electron chi connectivity index (χ1n) is 5.43. The highest BCUT2D eigenvalue weighted by Crippen LogP contribution is 2.33. The lowest BCUT2D eigenvalue weighted by atomic mass is 10.2. The molecule has 0 bridgehead atoms. The predicted molar refractivity (Wildman–Crippen MR) is 70.7 cm³/mol. The summed E-state index contributed by atoms with van der Waals surface area (Å²) in [6.45, 7) is 0. The summed E-state index contributed by atoms with van der Waals surface area (Å²) in [4.78, 5) is 20.3. The summed E-state index contributed by atoms with van der Waals surface area (Å²) in [5.74, 6) is 0.0448. The molecule has 0 aliphatic rings. The lowest BCUT2D eigenvalue weighted by Gasteiger charge is -2.06. The smallest absolute Gasteiger partial charge is 0.311 e. The molecule has 2 aromatic carbocycles. The second-order valence-electron chi connectivity index (χ2n) is 3.84. The maximum atomic E-state index is 10.8. The van der Waals surface area contributed by atoms with Crippen LogP contribution < -0.4 is 10.5 Å². The van der Waals surface area contributed by atoms with Gasteiger partial charge in [-0.3, -0.25) is 20.2 Å². The number of rotatable bonds is 4. The molecule has 0 heterocycles. The van der Waals surface area contributed by atoms with Gasteiger partial charge in [-0.1, -0.05) is 12.1 Å². The van der Waals surface area contributed by atoms with Gasteiger partial charge < -0.3 is 10.5 Å². The number of nitrogen functional groups attached to an aromatic ring is 1. The number of hydrogen-bond donors (Lipinski definition) is 1. The van der Waals surface area contributed by atoms with E-state index in [2.05, 4.69) is 0 Å². The molecule has 0 fully saturated rings. The van der Waals surface area contributed by atoms with Crippen LogP contribution >= 0.6 is 0 Å². The average Bonchev–Trinajstić information content (AvgIpc) is 2.38. The Morgan fingerprint density at radius 3 is 2.35 bits per heavy atom. The van der Waals surface area contributed by atoms with E-state index in [0.29, 0.717) is 0 Å². The zero-order valence-electron chi connectivity index (χ0n) is 10.1. The Bertz CT molecular complexity index is 687. The average molecular weight is 275 g/mol. The molecule has 0 aliphatic carbocycles. The van der Waals surface area contributed by atoms with Gasteiger partial charge in [0, 0.05) is 23.9 Å². The molecule has 2 aromatic rings. The molecule has 0 saturated carbocycles. The van der Waals surface area contributed by atoms with E-state index in [-0.39, 0.29) is 28.6 Å². The number of para-hydroxylation sites is 2. The van der Waals surface area contributed by atoms with E-state index in [4.69, 9.17) is 10.5 Å². The van der Waals surface area contributed by atoms with Crippen molar-refractivity contribution in [3.63, 3.8) is 0 Å². The summed E-state index contributed by atoms with van der Waals surface area (Å²) >= 11 is 0. The number of non-ortho nitro benzene ring substituents is 1. The van der Waals surface area contributed by atoms with Crippen LogP contribution in [0.1, 0.15) is 0 Å². The molecule has 0 atom stereocenters. The Morgan fingerprint density at radius 2 is 1.70 bits per heavy atom. The van der Waals surface area contributed by atoms with E-state index < -0.39 is 9.85 Å².